The molecule has 2 aliphatic heterocycles. The van der Waals surface area contributed by atoms with Gasteiger partial charge < -0.3 is 9.47 Å². The van der Waals surface area contributed by atoms with Gasteiger partial charge in [0.05, 0.1) is 11.7 Å². The van der Waals surface area contributed by atoms with E-state index in [9.17, 15) is 0 Å². The Morgan fingerprint density at radius 2 is 2.07 bits per heavy atom. The molecule has 0 saturated carbocycles. The molecule has 0 bridgehead atoms. The van der Waals surface area contributed by atoms with E-state index < -0.39 is 0 Å². The number of rotatable bonds is 5. The zero-order valence-corrected chi connectivity index (χ0v) is 16.7. The first-order valence-electron chi connectivity index (χ1n) is 9.79. The number of hydrogen-bond acceptors (Lipinski definition) is 5. The summed E-state index contributed by atoms with van der Waals surface area (Å²) in [5.41, 5.74) is 3.54. The number of fused-ring (bicyclic) bond motifs is 1. The quantitative estimate of drug-likeness (QED) is 0.652. The number of aliphatic imine (C=N–C) groups is 1. The second-order valence-corrected chi connectivity index (χ2v) is 8.25. The molecule has 2 aliphatic rings. The second-order valence-electron chi connectivity index (χ2n) is 7.26. The van der Waals surface area contributed by atoms with E-state index in [0.29, 0.717) is 6.04 Å². The van der Waals surface area contributed by atoms with Gasteiger partial charge in [-0.05, 0) is 42.3 Å². The van der Waals surface area contributed by atoms with E-state index in [1.54, 1.807) is 0 Å². The van der Waals surface area contributed by atoms with Crippen molar-refractivity contribution in [3.63, 3.8) is 0 Å². The molecular weight excluding hydrogens is 366 g/mol. The van der Waals surface area contributed by atoms with Gasteiger partial charge >= 0.3 is 0 Å². The maximum atomic E-state index is 5.12. The monoisotopic (exact) mass is 389 g/mol. The first kappa shape index (κ1) is 17.5. The van der Waals surface area contributed by atoms with Crippen LogP contribution in [0, 0.1) is 0 Å². The molecule has 3 aromatic rings. The minimum absolute atomic E-state index is 0.0283. The molecule has 0 amide bonds. The zero-order chi connectivity index (χ0) is 18.9. The van der Waals surface area contributed by atoms with Gasteiger partial charge in [-0.1, -0.05) is 30.8 Å². The van der Waals surface area contributed by atoms with Gasteiger partial charge in [0.15, 0.2) is 5.17 Å². The van der Waals surface area contributed by atoms with E-state index in [-0.39, 0.29) is 12.1 Å². The van der Waals surface area contributed by atoms with Gasteiger partial charge in [0.1, 0.15) is 6.04 Å². The summed E-state index contributed by atoms with van der Waals surface area (Å²) in [5.74, 6) is 1.12. The summed E-state index contributed by atoms with van der Waals surface area (Å²) < 4.78 is 2.34. The molecule has 0 radical (unpaired) electrons. The molecule has 5 heterocycles. The third-order valence-corrected chi connectivity index (χ3v) is 6.70. The van der Waals surface area contributed by atoms with Crippen molar-refractivity contribution in [3.8, 4) is 0 Å². The molecule has 3 aromatic heterocycles. The van der Waals surface area contributed by atoms with E-state index in [4.69, 9.17) is 4.99 Å². The van der Waals surface area contributed by atoms with Gasteiger partial charge in [0.2, 0.25) is 0 Å². The number of amidine groups is 1. The molecule has 0 spiro atoms. The van der Waals surface area contributed by atoms with E-state index in [0.717, 1.165) is 24.4 Å². The summed E-state index contributed by atoms with van der Waals surface area (Å²) in [6.07, 6.45) is 8.93. The maximum Gasteiger partial charge on any atom is 0.160 e. The fourth-order valence-corrected chi connectivity index (χ4v) is 5.54. The van der Waals surface area contributed by atoms with Crippen molar-refractivity contribution in [1.29, 1.82) is 0 Å². The van der Waals surface area contributed by atoms with Crippen LogP contribution in [0.25, 0.3) is 0 Å². The number of thioether (sulfide) groups is 1. The molecule has 6 heteroatoms. The lowest BCUT2D eigenvalue weighted by Crippen LogP contribution is -2.36. The summed E-state index contributed by atoms with van der Waals surface area (Å²) in [7, 11) is 0. The third-order valence-electron chi connectivity index (χ3n) is 5.57. The molecule has 3 atom stereocenters. The Bertz CT molecular complexity index is 969. The summed E-state index contributed by atoms with van der Waals surface area (Å²) in [5, 5.41) is 1.17. The smallest absolute Gasteiger partial charge is 0.160 e. The van der Waals surface area contributed by atoms with Gasteiger partial charge in [-0.15, -0.1) is 0 Å². The van der Waals surface area contributed by atoms with Crippen molar-refractivity contribution < 1.29 is 0 Å². The highest BCUT2D eigenvalue weighted by atomic mass is 32.2. The molecule has 0 aromatic carbocycles. The lowest BCUT2D eigenvalue weighted by Gasteiger charge is -2.32. The fourth-order valence-electron chi connectivity index (χ4n) is 4.20. The standard InChI is InChI=1S/C22H23N5S/c1-2-17-15-28-22-25-20(18-8-3-4-11-24-18)21(27(17)22)19-9-6-12-26(19)14-16-7-5-10-23-13-16/h3-13,17,20-21H,2,14-15H2,1H3/t17-,20+,21+/m1/s1. The van der Waals surface area contributed by atoms with Crippen LogP contribution in [0.1, 0.15) is 42.4 Å². The minimum atomic E-state index is 0.0283. The molecule has 5 rings (SSSR count). The Kier molecular flexibility index (Phi) is 4.64. The highest BCUT2D eigenvalue weighted by Crippen LogP contribution is 2.48. The predicted octanol–water partition coefficient (Wildman–Crippen LogP) is 4.31. The molecule has 0 N–H and O–H groups in total. The van der Waals surface area contributed by atoms with Crippen LogP contribution in [0.2, 0.25) is 0 Å². The Hall–Kier alpha value is -2.60. The molecule has 28 heavy (non-hydrogen) atoms. The topological polar surface area (TPSA) is 46.3 Å². The average molecular weight is 390 g/mol. The normalized spacial score (nSPS) is 23.7. The minimum Gasteiger partial charge on any atom is -0.345 e. The fraction of sp³-hybridized carbons (Fsp3) is 0.318. The van der Waals surface area contributed by atoms with Crippen LogP contribution in [-0.4, -0.2) is 36.4 Å². The van der Waals surface area contributed by atoms with Crippen LogP contribution in [0.3, 0.4) is 0 Å². The number of aromatic nitrogens is 3. The van der Waals surface area contributed by atoms with E-state index in [1.807, 2.05) is 42.5 Å². The van der Waals surface area contributed by atoms with Crippen LogP contribution in [0.15, 0.2) is 72.2 Å². The van der Waals surface area contributed by atoms with Crippen LogP contribution >= 0.6 is 11.8 Å². The molecule has 0 unspecified atom stereocenters. The third kappa shape index (κ3) is 3.02. The lowest BCUT2D eigenvalue weighted by molar-refractivity contribution is 0.246. The van der Waals surface area contributed by atoms with Gasteiger partial charge in [-0.2, -0.15) is 0 Å². The summed E-state index contributed by atoms with van der Waals surface area (Å²) in [6, 6.07) is 15.4. The highest BCUT2D eigenvalue weighted by molar-refractivity contribution is 8.14. The molecule has 1 saturated heterocycles. The van der Waals surface area contributed by atoms with Crippen LogP contribution in [0.4, 0.5) is 0 Å². The molecule has 5 nitrogen and oxygen atoms in total. The Balaban J connectivity index is 1.55. The van der Waals surface area contributed by atoms with Crippen LogP contribution in [-0.2, 0) is 6.54 Å². The van der Waals surface area contributed by atoms with Gasteiger partial charge in [-0.3, -0.25) is 15.0 Å². The average Bonchev–Trinajstić information content (AvgIpc) is 3.44. The van der Waals surface area contributed by atoms with Gasteiger partial charge in [-0.25, -0.2) is 0 Å². The van der Waals surface area contributed by atoms with E-state index >= 15 is 0 Å². The van der Waals surface area contributed by atoms with Crippen molar-refractivity contribution in [2.24, 2.45) is 4.99 Å². The van der Waals surface area contributed by atoms with Crippen molar-refractivity contribution in [1.82, 2.24) is 19.4 Å². The van der Waals surface area contributed by atoms with E-state index in [2.05, 4.69) is 62.9 Å². The van der Waals surface area contributed by atoms with Crippen molar-refractivity contribution in [2.45, 2.75) is 38.0 Å². The van der Waals surface area contributed by atoms with Crippen molar-refractivity contribution >= 4 is 16.9 Å². The van der Waals surface area contributed by atoms with E-state index in [1.165, 1.54) is 16.4 Å². The summed E-state index contributed by atoms with van der Waals surface area (Å²) >= 11 is 1.88. The van der Waals surface area contributed by atoms with Gasteiger partial charge in [0, 0.05) is 48.8 Å². The van der Waals surface area contributed by atoms with Crippen molar-refractivity contribution in [3.05, 3.63) is 84.2 Å². The maximum absolute atomic E-state index is 5.12. The zero-order valence-electron chi connectivity index (χ0n) is 15.8. The second kappa shape index (κ2) is 7.43. The Morgan fingerprint density at radius 3 is 2.86 bits per heavy atom. The van der Waals surface area contributed by atoms with Crippen LogP contribution < -0.4 is 0 Å². The van der Waals surface area contributed by atoms with Crippen LogP contribution in [0.5, 0.6) is 0 Å². The number of pyridine rings is 2. The Morgan fingerprint density at radius 1 is 1.11 bits per heavy atom. The number of hydrogen-bond donors (Lipinski definition) is 0. The van der Waals surface area contributed by atoms with Crippen molar-refractivity contribution in [2.75, 3.05) is 5.75 Å². The molecule has 0 aliphatic carbocycles. The number of nitrogens with zero attached hydrogens (tertiary/aromatic N) is 5. The largest absolute Gasteiger partial charge is 0.345 e. The predicted molar refractivity (Wildman–Crippen MR) is 113 cm³/mol. The SMILES string of the molecule is CC[C@@H]1CSC2=N[C@@H](c3ccccn3)[C@H](c3cccn3Cc3cccnc3)N21. The highest BCUT2D eigenvalue weighted by Gasteiger charge is 2.46. The lowest BCUT2D eigenvalue weighted by atomic mass is 9.99. The molecular formula is C22H23N5S. The summed E-state index contributed by atoms with van der Waals surface area (Å²) in [4.78, 5) is 16.6. The van der Waals surface area contributed by atoms with Gasteiger partial charge in [0.25, 0.3) is 0 Å². The molecule has 1 fully saturated rings. The molecule has 142 valence electrons. The Labute approximate surface area is 169 Å². The summed E-state index contributed by atoms with van der Waals surface area (Å²) in [6.45, 7) is 3.09. The first-order chi connectivity index (χ1) is 13.8. The first-order valence-corrected chi connectivity index (χ1v) is 10.8.